The van der Waals surface area contributed by atoms with Crippen molar-refractivity contribution in [3.63, 3.8) is 0 Å². The molecule has 8 heteroatoms. The second kappa shape index (κ2) is 8.07. The van der Waals surface area contributed by atoms with Gasteiger partial charge in [0.25, 0.3) is 0 Å². The van der Waals surface area contributed by atoms with Gasteiger partial charge in [0.1, 0.15) is 0 Å². The highest BCUT2D eigenvalue weighted by molar-refractivity contribution is 5.85. The molecule has 0 aliphatic carbocycles. The number of nitrogens with zero attached hydrogens (tertiary/aromatic N) is 2. The fourth-order valence-corrected chi connectivity index (χ4v) is 1.62. The Morgan fingerprint density at radius 1 is 1.14 bits per heavy atom. The first-order valence-electron chi connectivity index (χ1n) is 5.69. The van der Waals surface area contributed by atoms with Crippen molar-refractivity contribution in [3.8, 4) is 11.6 Å². The van der Waals surface area contributed by atoms with Gasteiger partial charge in [-0.15, -0.1) is 29.9 Å². The summed E-state index contributed by atoms with van der Waals surface area (Å²) in [6, 6.07) is 3.68. The van der Waals surface area contributed by atoms with Crippen LogP contribution in [-0.2, 0) is 6.54 Å². The first kappa shape index (κ1) is 19.5. The van der Waals surface area contributed by atoms with E-state index in [1.807, 2.05) is 6.92 Å². The van der Waals surface area contributed by atoms with Gasteiger partial charge < -0.3 is 10.5 Å². The molecule has 0 bridgehead atoms. The van der Waals surface area contributed by atoms with Crippen LogP contribution in [0.1, 0.15) is 16.8 Å². The van der Waals surface area contributed by atoms with E-state index < -0.39 is 11.6 Å². The minimum atomic E-state index is -1.06. The van der Waals surface area contributed by atoms with Crippen molar-refractivity contribution in [2.75, 3.05) is 0 Å². The first-order chi connectivity index (χ1) is 9.04. The van der Waals surface area contributed by atoms with Gasteiger partial charge in [0.2, 0.25) is 11.7 Å². The van der Waals surface area contributed by atoms with E-state index in [1.165, 1.54) is 12.1 Å². The third-order valence-electron chi connectivity index (χ3n) is 2.87. The summed E-state index contributed by atoms with van der Waals surface area (Å²) in [6.07, 6.45) is 0. The Labute approximate surface area is 133 Å². The first-order valence-corrected chi connectivity index (χ1v) is 5.69. The molecule has 2 rings (SSSR count). The van der Waals surface area contributed by atoms with Crippen LogP contribution >= 0.6 is 24.8 Å². The zero-order chi connectivity index (χ0) is 14.0. The number of nitrogens with two attached hydrogens (primary N) is 1. The van der Waals surface area contributed by atoms with E-state index in [0.717, 1.165) is 11.6 Å². The molecule has 1 aromatic heterocycles. The van der Waals surface area contributed by atoms with Gasteiger partial charge in [0.15, 0.2) is 11.6 Å². The molecule has 0 spiro atoms. The van der Waals surface area contributed by atoms with E-state index in [1.54, 1.807) is 6.92 Å². The highest BCUT2D eigenvalue weighted by Crippen LogP contribution is 2.28. The lowest BCUT2D eigenvalue weighted by atomic mass is 10.1. The summed E-state index contributed by atoms with van der Waals surface area (Å²) in [5.74, 6) is -2.20. The molecule has 21 heavy (non-hydrogen) atoms. The Hall–Kier alpha value is -1.50. The Morgan fingerprint density at radius 3 is 2.43 bits per heavy atom. The number of hydrogen-bond acceptors (Lipinski definition) is 4. The normalized spacial score (nSPS) is 9.57. The van der Waals surface area contributed by atoms with Crippen LogP contribution in [0.15, 0.2) is 18.2 Å². The second-order valence-corrected chi connectivity index (χ2v) is 4.05. The fraction of sp³-hybridized carbons (Fsp3) is 0.231. The van der Waals surface area contributed by atoms with Crippen LogP contribution in [0.2, 0.25) is 0 Å². The number of aryl methyl sites for hydroxylation is 1. The van der Waals surface area contributed by atoms with Crippen LogP contribution < -0.4 is 10.5 Å². The molecule has 0 saturated carbocycles. The molecule has 4 nitrogen and oxygen atoms in total. The highest BCUT2D eigenvalue weighted by Gasteiger charge is 2.15. The predicted molar refractivity (Wildman–Crippen MR) is 80.3 cm³/mol. The van der Waals surface area contributed by atoms with Crippen LogP contribution in [0.3, 0.4) is 0 Å². The van der Waals surface area contributed by atoms with E-state index in [0.29, 0.717) is 11.3 Å². The van der Waals surface area contributed by atoms with E-state index >= 15 is 0 Å². The molecule has 2 N–H and O–H groups in total. The summed E-state index contributed by atoms with van der Waals surface area (Å²) in [5.41, 5.74) is 7.79. The van der Waals surface area contributed by atoms with Gasteiger partial charge in [0, 0.05) is 12.1 Å². The maximum atomic E-state index is 13.5. The molecular weight excluding hydrogens is 323 g/mol. The quantitative estimate of drug-likeness (QED) is 0.931. The van der Waals surface area contributed by atoms with E-state index in [4.69, 9.17) is 10.5 Å². The van der Waals surface area contributed by atoms with Crippen LogP contribution in [0.25, 0.3) is 0 Å². The van der Waals surface area contributed by atoms with Gasteiger partial charge in [-0.2, -0.15) is 9.49 Å². The molecule has 0 aliphatic heterocycles. The Balaban J connectivity index is 0.00000200. The average molecular weight is 338 g/mol. The van der Waals surface area contributed by atoms with Crippen molar-refractivity contribution < 1.29 is 13.5 Å². The smallest absolute Gasteiger partial charge is 0.243 e. The largest absolute Gasteiger partial charge is 0.434 e. The van der Waals surface area contributed by atoms with Gasteiger partial charge in [-0.05, 0) is 31.5 Å². The third kappa shape index (κ3) is 4.00. The lowest BCUT2D eigenvalue weighted by molar-refractivity contribution is 0.396. The van der Waals surface area contributed by atoms with Crippen molar-refractivity contribution in [1.82, 2.24) is 10.2 Å². The fourth-order valence-electron chi connectivity index (χ4n) is 1.62. The third-order valence-corrected chi connectivity index (χ3v) is 2.87. The van der Waals surface area contributed by atoms with Crippen molar-refractivity contribution in [2.45, 2.75) is 20.4 Å². The van der Waals surface area contributed by atoms with E-state index in [9.17, 15) is 8.78 Å². The topological polar surface area (TPSA) is 61.0 Å². The molecule has 1 heterocycles. The van der Waals surface area contributed by atoms with Crippen LogP contribution in [0.4, 0.5) is 8.78 Å². The Bertz CT molecular complexity index is 627. The van der Waals surface area contributed by atoms with Crippen LogP contribution in [0.5, 0.6) is 11.6 Å². The predicted octanol–water partition coefficient (Wildman–Crippen LogP) is 3.47. The molecule has 0 aliphatic rings. The summed E-state index contributed by atoms with van der Waals surface area (Å²) < 4.78 is 31.9. The molecule has 1 aromatic carbocycles. The lowest BCUT2D eigenvalue weighted by Crippen LogP contribution is -2.08. The van der Waals surface area contributed by atoms with Gasteiger partial charge in [-0.25, -0.2) is 4.39 Å². The molecule has 0 atom stereocenters. The maximum Gasteiger partial charge on any atom is 0.243 e. The number of benzene rings is 1. The molecule has 0 radical (unpaired) electrons. The van der Waals surface area contributed by atoms with Crippen molar-refractivity contribution >= 4 is 24.8 Å². The standard InChI is InChI=1S/C13H13F2N3O.2ClH/c1-7-8(2)17-18-13(9(7)6-16)19-11-5-3-4-10(14)12(11)15;;/h3-5H,6,16H2,1-2H3;2*1H. The van der Waals surface area contributed by atoms with Crippen molar-refractivity contribution in [2.24, 2.45) is 5.73 Å². The summed E-state index contributed by atoms with van der Waals surface area (Å²) in [7, 11) is 0. The minimum Gasteiger partial charge on any atom is -0.434 e. The monoisotopic (exact) mass is 337 g/mol. The SMILES string of the molecule is Cc1nnc(Oc2cccc(F)c2F)c(CN)c1C.Cl.Cl. The second-order valence-electron chi connectivity index (χ2n) is 4.05. The lowest BCUT2D eigenvalue weighted by Gasteiger charge is -2.12. The summed E-state index contributed by atoms with van der Waals surface area (Å²) in [6.45, 7) is 3.78. The number of hydrogen-bond donors (Lipinski definition) is 1. The summed E-state index contributed by atoms with van der Waals surface area (Å²) >= 11 is 0. The molecule has 2 aromatic rings. The Kier molecular flexibility index (Phi) is 7.49. The van der Waals surface area contributed by atoms with Gasteiger partial charge >= 0.3 is 0 Å². The van der Waals surface area contributed by atoms with Crippen molar-refractivity contribution in [1.29, 1.82) is 0 Å². The minimum absolute atomic E-state index is 0. The van der Waals surface area contributed by atoms with Crippen LogP contribution in [0, 0.1) is 25.5 Å². The molecule has 0 amide bonds. The average Bonchev–Trinajstić information content (AvgIpc) is 2.39. The van der Waals surface area contributed by atoms with Gasteiger partial charge in [-0.1, -0.05) is 6.07 Å². The van der Waals surface area contributed by atoms with Crippen LogP contribution in [-0.4, -0.2) is 10.2 Å². The van der Waals surface area contributed by atoms with Gasteiger partial charge in [0.05, 0.1) is 5.69 Å². The molecule has 0 fully saturated rings. The number of ether oxygens (including phenoxy) is 1. The summed E-state index contributed by atoms with van der Waals surface area (Å²) in [5, 5.41) is 7.72. The number of rotatable bonds is 3. The highest BCUT2D eigenvalue weighted by atomic mass is 35.5. The zero-order valence-corrected chi connectivity index (χ0v) is 13.0. The maximum absolute atomic E-state index is 13.5. The van der Waals surface area contributed by atoms with E-state index in [-0.39, 0.29) is 43.0 Å². The molecular formula is C13H15Cl2F2N3O. The molecule has 0 saturated heterocycles. The Morgan fingerprint density at radius 2 is 1.81 bits per heavy atom. The molecule has 116 valence electrons. The summed E-state index contributed by atoms with van der Waals surface area (Å²) in [4.78, 5) is 0. The van der Waals surface area contributed by atoms with E-state index in [2.05, 4.69) is 10.2 Å². The van der Waals surface area contributed by atoms with Gasteiger partial charge in [-0.3, -0.25) is 0 Å². The molecule has 0 unspecified atom stereocenters. The van der Waals surface area contributed by atoms with Crippen molar-refractivity contribution in [3.05, 3.63) is 46.7 Å². The number of aromatic nitrogens is 2. The number of halogens is 4. The zero-order valence-electron chi connectivity index (χ0n) is 11.4.